The first-order valence-corrected chi connectivity index (χ1v) is 8.61. The number of carbonyl (C=O) groups excluding carboxylic acids is 1. The minimum Gasteiger partial charge on any atom is -0.335 e. The molecule has 1 aliphatic rings. The number of carbonyl (C=O) groups is 1. The smallest absolute Gasteiger partial charge is 0.321 e. The molecule has 1 aromatic heterocycles. The van der Waals surface area contributed by atoms with E-state index in [1.807, 2.05) is 12.1 Å². The summed E-state index contributed by atoms with van der Waals surface area (Å²) in [5, 5.41) is 6.85. The van der Waals surface area contributed by atoms with Gasteiger partial charge in [0, 0.05) is 28.2 Å². The van der Waals surface area contributed by atoms with Crippen LogP contribution in [-0.2, 0) is 0 Å². The summed E-state index contributed by atoms with van der Waals surface area (Å²) in [5.74, 6) is 0.562. The highest BCUT2D eigenvalue weighted by Crippen LogP contribution is 2.23. The zero-order valence-corrected chi connectivity index (χ0v) is 14.3. The molecule has 1 aromatic carbocycles. The molecule has 2 heterocycles. The minimum atomic E-state index is -0.228. The lowest BCUT2D eigenvalue weighted by Gasteiger charge is -2.29. The summed E-state index contributed by atoms with van der Waals surface area (Å²) in [5.41, 5.74) is 0.831. The molecule has 0 unspecified atom stereocenters. The lowest BCUT2D eigenvalue weighted by molar-refractivity contribution is 0.221. The Bertz CT molecular complexity index is 684. The number of urea groups is 1. The van der Waals surface area contributed by atoms with Crippen molar-refractivity contribution in [3.05, 3.63) is 29.3 Å². The SMILES string of the molecule is CN1CCC(NC(=O)Nc2nc(-c3cccc(Cl)c3)ns2)CC1. The Hall–Kier alpha value is -1.70. The van der Waals surface area contributed by atoms with Crippen molar-refractivity contribution in [1.82, 2.24) is 19.6 Å². The average Bonchev–Trinajstić information content (AvgIpc) is 2.98. The fraction of sp³-hybridized carbons (Fsp3) is 0.400. The van der Waals surface area contributed by atoms with Gasteiger partial charge in [-0.05, 0) is 45.1 Å². The molecule has 0 radical (unpaired) electrons. The van der Waals surface area contributed by atoms with E-state index in [0.29, 0.717) is 16.0 Å². The summed E-state index contributed by atoms with van der Waals surface area (Å²) in [6.07, 6.45) is 1.93. The summed E-state index contributed by atoms with van der Waals surface area (Å²) in [6.45, 7) is 2.01. The molecule has 0 atom stereocenters. The van der Waals surface area contributed by atoms with Crippen LogP contribution in [0.3, 0.4) is 0 Å². The zero-order chi connectivity index (χ0) is 16.2. The first-order valence-electron chi connectivity index (χ1n) is 7.46. The van der Waals surface area contributed by atoms with E-state index in [4.69, 9.17) is 11.6 Å². The van der Waals surface area contributed by atoms with E-state index in [-0.39, 0.29) is 12.1 Å². The standard InChI is InChI=1S/C15H18ClN5OS/c1-21-7-5-12(6-8-21)17-14(22)19-15-18-13(20-23-15)10-3-2-4-11(16)9-10/h2-4,9,12H,5-8H2,1H3,(H2,17,18,19,20,22). The molecule has 1 aliphatic heterocycles. The molecule has 122 valence electrons. The number of halogens is 1. The van der Waals surface area contributed by atoms with Crippen molar-refractivity contribution in [2.45, 2.75) is 18.9 Å². The second kappa shape index (κ2) is 7.25. The monoisotopic (exact) mass is 351 g/mol. The highest BCUT2D eigenvalue weighted by Gasteiger charge is 2.19. The molecular formula is C15H18ClN5OS. The van der Waals surface area contributed by atoms with Gasteiger partial charge in [-0.3, -0.25) is 5.32 Å². The zero-order valence-electron chi connectivity index (χ0n) is 12.8. The fourth-order valence-corrected chi connectivity index (χ4v) is 3.27. The van der Waals surface area contributed by atoms with Crippen molar-refractivity contribution in [2.24, 2.45) is 0 Å². The molecule has 2 N–H and O–H groups in total. The van der Waals surface area contributed by atoms with E-state index in [9.17, 15) is 4.79 Å². The van der Waals surface area contributed by atoms with Crippen LogP contribution < -0.4 is 10.6 Å². The predicted molar refractivity (Wildman–Crippen MR) is 93.0 cm³/mol. The van der Waals surface area contributed by atoms with Gasteiger partial charge in [-0.15, -0.1) is 0 Å². The van der Waals surface area contributed by atoms with E-state index >= 15 is 0 Å². The van der Waals surface area contributed by atoms with E-state index in [0.717, 1.165) is 43.0 Å². The Balaban J connectivity index is 1.57. The highest BCUT2D eigenvalue weighted by molar-refractivity contribution is 7.10. The number of hydrogen-bond donors (Lipinski definition) is 2. The number of piperidine rings is 1. The molecule has 23 heavy (non-hydrogen) atoms. The van der Waals surface area contributed by atoms with E-state index in [1.54, 1.807) is 12.1 Å². The second-order valence-electron chi connectivity index (χ2n) is 5.61. The van der Waals surface area contributed by atoms with Crippen LogP contribution in [-0.4, -0.2) is 46.5 Å². The topological polar surface area (TPSA) is 70.2 Å². The van der Waals surface area contributed by atoms with Gasteiger partial charge in [0.15, 0.2) is 5.82 Å². The van der Waals surface area contributed by atoms with Gasteiger partial charge >= 0.3 is 6.03 Å². The molecule has 3 rings (SSSR count). The first kappa shape index (κ1) is 16.2. The van der Waals surface area contributed by atoms with Crippen LogP contribution in [0.5, 0.6) is 0 Å². The van der Waals surface area contributed by atoms with Gasteiger partial charge in [0.1, 0.15) is 0 Å². The number of nitrogens with zero attached hydrogens (tertiary/aromatic N) is 3. The molecule has 6 nitrogen and oxygen atoms in total. The Morgan fingerprint density at radius 2 is 2.17 bits per heavy atom. The lowest BCUT2D eigenvalue weighted by atomic mass is 10.1. The molecule has 0 bridgehead atoms. The van der Waals surface area contributed by atoms with Crippen LogP contribution in [0.1, 0.15) is 12.8 Å². The van der Waals surface area contributed by atoms with Crippen LogP contribution in [0, 0.1) is 0 Å². The molecule has 0 aliphatic carbocycles. The number of likely N-dealkylation sites (tertiary alicyclic amines) is 1. The van der Waals surface area contributed by atoms with Crippen LogP contribution in [0.25, 0.3) is 11.4 Å². The average molecular weight is 352 g/mol. The van der Waals surface area contributed by atoms with Crippen LogP contribution >= 0.6 is 23.1 Å². The number of benzene rings is 1. The summed E-state index contributed by atoms with van der Waals surface area (Å²) in [6, 6.07) is 7.31. The summed E-state index contributed by atoms with van der Waals surface area (Å²) in [7, 11) is 2.09. The molecule has 1 fully saturated rings. The van der Waals surface area contributed by atoms with E-state index in [2.05, 4.69) is 31.9 Å². The van der Waals surface area contributed by atoms with Gasteiger partial charge in [0.2, 0.25) is 5.13 Å². The molecule has 8 heteroatoms. The van der Waals surface area contributed by atoms with Gasteiger partial charge in [-0.25, -0.2) is 4.79 Å². The normalized spacial score (nSPS) is 16.3. The number of hydrogen-bond acceptors (Lipinski definition) is 5. The largest absolute Gasteiger partial charge is 0.335 e. The van der Waals surface area contributed by atoms with Gasteiger partial charge in [-0.1, -0.05) is 23.7 Å². The van der Waals surface area contributed by atoms with E-state index < -0.39 is 0 Å². The molecule has 0 saturated carbocycles. The molecule has 2 aromatic rings. The second-order valence-corrected chi connectivity index (χ2v) is 6.80. The summed E-state index contributed by atoms with van der Waals surface area (Å²) < 4.78 is 4.26. The molecule has 1 saturated heterocycles. The third-order valence-corrected chi connectivity index (χ3v) is 4.65. The van der Waals surface area contributed by atoms with Crippen LogP contribution in [0.4, 0.5) is 9.93 Å². The quantitative estimate of drug-likeness (QED) is 0.891. The maximum atomic E-state index is 12.0. The van der Waals surface area contributed by atoms with Crippen molar-refractivity contribution < 1.29 is 4.79 Å². The van der Waals surface area contributed by atoms with Crippen molar-refractivity contribution in [2.75, 3.05) is 25.5 Å². The van der Waals surface area contributed by atoms with Gasteiger partial charge < -0.3 is 10.2 Å². The van der Waals surface area contributed by atoms with Gasteiger partial charge in [0.05, 0.1) is 0 Å². The summed E-state index contributed by atoms with van der Waals surface area (Å²) >= 11 is 7.13. The molecular weight excluding hydrogens is 334 g/mol. The Morgan fingerprint density at radius 3 is 2.91 bits per heavy atom. The van der Waals surface area contributed by atoms with Crippen molar-refractivity contribution in [1.29, 1.82) is 0 Å². The minimum absolute atomic E-state index is 0.214. The molecule has 0 spiro atoms. The van der Waals surface area contributed by atoms with Crippen molar-refractivity contribution in [3.8, 4) is 11.4 Å². The fourth-order valence-electron chi connectivity index (χ4n) is 2.49. The van der Waals surface area contributed by atoms with Gasteiger partial charge in [-0.2, -0.15) is 9.36 Å². The number of aromatic nitrogens is 2. The first-order chi connectivity index (χ1) is 11.1. The number of rotatable bonds is 3. The van der Waals surface area contributed by atoms with Crippen LogP contribution in [0.2, 0.25) is 5.02 Å². The number of amides is 2. The summed E-state index contributed by atoms with van der Waals surface area (Å²) in [4.78, 5) is 18.6. The van der Waals surface area contributed by atoms with Crippen molar-refractivity contribution >= 4 is 34.3 Å². The Morgan fingerprint density at radius 1 is 1.39 bits per heavy atom. The number of anilines is 1. The van der Waals surface area contributed by atoms with E-state index in [1.165, 1.54) is 0 Å². The number of nitrogens with one attached hydrogen (secondary N) is 2. The lowest BCUT2D eigenvalue weighted by Crippen LogP contribution is -2.44. The van der Waals surface area contributed by atoms with Crippen LogP contribution in [0.15, 0.2) is 24.3 Å². The predicted octanol–water partition coefficient (Wildman–Crippen LogP) is 3.07. The maximum absolute atomic E-state index is 12.0. The Kier molecular flexibility index (Phi) is 5.09. The third-order valence-electron chi connectivity index (χ3n) is 3.78. The third kappa shape index (κ3) is 4.40. The molecule has 2 amide bonds. The maximum Gasteiger partial charge on any atom is 0.321 e. The Labute approximate surface area is 144 Å². The van der Waals surface area contributed by atoms with Gasteiger partial charge in [0.25, 0.3) is 0 Å². The highest BCUT2D eigenvalue weighted by atomic mass is 35.5. The van der Waals surface area contributed by atoms with Crippen molar-refractivity contribution in [3.63, 3.8) is 0 Å².